The largest absolute Gasteiger partial charge is 0.466 e. The molecule has 0 saturated carbocycles. The van der Waals surface area contributed by atoms with Crippen LogP contribution in [0, 0.1) is 5.92 Å². The third-order valence-electron chi connectivity index (χ3n) is 2.01. The van der Waals surface area contributed by atoms with E-state index < -0.39 is 0 Å². The maximum atomic E-state index is 11.2. The van der Waals surface area contributed by atoms with Crippen LogP contribution in [0.1, 0.15) is 40.0 Å². The van der Waals surface area contributed by atoms with Gasteiger partial charge in [-0.1, -0.05) is 6.92 Å². The quantitative estimate of drug-likeness (QED) is 0.610. The lowest BCUT2D eigenvalue weighted by molar-refractivity contribution is -0.148. The van der Waals surface area contributed by atoms with Crippen LogP contribution in [0.15, 0.2) is 0 Å². The van der Waals surface area contributed by atoms with Gasteiger partial charge >= 0.3 is 11.9 Å². The van der Waals surface area contributed by atoms with Crippen LogP contribution in [-0.4, -0.2) is 25.2 Å². The Morgan fingerprint density at radius 1 is 1.13 bits per heavy atom. The average Bonchev–Trinajstić information content (AvgIpc) is 2.18. The first-order valence-electron chi connectivity index (χ1n) is 5.44. The lowest BCUT2D eigenvalue weighted by Gasteiger charge is -2.09. The molecule has 0 heterocycles. The Morgan fingerprint density at radius 3 is 2.27 bits per heavy atom. The van der Waals surface area contributed by atoms with Gasteiger partial charge in [-0.2, -0.15) is 0 Å². The normalized spacial score (nSPS) is 11.9. The maximum absolute atomic E-state index is 11.2. The van der Waals surface area contributed by atoms with Gasteiger partial charge < -0.3 is 9.47 Å². The molecule has 0 aliphatic heterocycles. The van der Waals surface area contributed by atoms with Crippen LogP contribution in [0.3, 0.4) is 0 Å². The Kier molecular flexibility index (Phi) is 7.68. The van der Waals surface area contributed by atoms with Crippen molar-refractivity contribution in [2.24, 2.45) is 5.92 Å². The van der Waals surface area contributed by atoms with Gasteiger partial charge in [0, 0.05) is 6.42 Å². The summed E-state index contributed by atoms with van der Waals surface area (Å²) in [5.41, 5.74) is 0. The zero-order valence-corrected chi connectivity index (χ0v) is 9.75. The number of hydrogen-bond acceptors (Lipinski definition) is 4. The number of carbonyl (C=O) groups excluding carboxylic acids is 2. The molecule has 0 unspecified atom stereocenters. The first kappa shape index (κ1) is 13.9. The summed E-state index contributed by atoms with van der Waals surface area (Å²) in [6, 6.07) is 0. The van der Waals surface area contributed by atoms with Crippen LogP contribution < -0.4 is 0 Å². The minimum absolute atomic E-state index is 0.139. The third kappa shape index (κ3) is 6.94. The molecule has 0 aromatic rings. The van der Waals surface area contributed by atoms with Gasteiger partial charge in [0.2, 0.25) is 0 Å². The van der Waals surface area contributed by atoms with Crippen molar-refractivity contribution in [1.82, 2.24) is 0 Å². The molecule has 0 bridgehead atoms. The molecule has 0 spiro atoms. The van der Waals surface area contributed by atoms with Crippen molar-refractivity contribution in [3.8, 4) is 0 Å². The Labute approximate surface area is 90.9 Å². The van der Waals surface area contributed by atoms with E-state index in [2.05, 4.69) is 0 Å². The Balaban J connectivity index is 3.58. The molecule has 0 N–H and O–H groups in total. The standard InChI is InChI=1S/C11H20O4/c1-4-14-10(12)8-6-7-9(3)11(13)15-5-2/h9H,4-8H2,1-3H3/t9-/m0/s1. The smallest absolute Gasteiger partial charge is 0.308 e. The fourth-order valence-corrected chi connectivity index (χ4v) is 1.19. The van der Waals surface area contributed by atoms with E-state index in [0.717, 1.165) is 0 Å². The van der Waals surface area contributed by atoms with Crippen molar-refractivity contribution in [3.63, 3.8) is 0 Å². The van der Waals surface area contributed by atoms with Crippen LogP contribution in [0.25, 0.3) is 0 Å². The first-order chi connectivity index (χ1) is 7.11. The monoisotopic (exact) mass is 216 g/mol. The van der Waals surface area contributed by atoms with Gasteiger partial charge in [0.15, 0.2) is 0 Å². The molecule has 0 rings (SSSR count). The summed E-state index contributed by atoms with van der Waals surface area (Å²) >= 11 is 0. The molecule has 0 aromatic heterocycles. The summed E-state index contributed by atoms with van der Waals surface area (Å²) in [5, 5.41) is 0. The van der Waals surface area contributed by atoms with E-state index >= 15 is 0 Å². The first-order valence-corrected chi connectivity index (χ1v) is 5.44. The highest BCUT2D eigenvalue weighted by atomic mass is 16.5. The topological polar surface area (TPSA) is 52.6 Å². The number of esters is 2. The molecule has 1 atom stereocenters. The SMILES string of the molecule is CCOC(=O)CCC[C@H](C)C(=O)OCC. The summed E-state index contributed by atoms with van der Waals surface area (Å²) in [4.78, 5) is 22.2. The van der Waals surface area contributed by atoms with Crippen molar-refractivity contribution in [2.75, 3.05) is 13.2 Å². The van der Waals surface area contributed by atoms with Crippen LogP contribution in [0.2, 0.25) is 0 Å². The highest BCUT2D eigenvalue weighted by Gasteiger charge is 2.14. The molecule has 0 fully saturated rings. The zero-order valence-electron chi connectivity index (χ0n) is 9.75. The molecule has 0 saturated heterocycles. The van der Waals surface area contributed by atoms with E-state index in [4.69, 9.17) is 9.47 Å². The molecule has 0 aliphatic rings. The summed E-state index contributed by atoms with van der Waals surface area (Å²) in [7, 11) is 0. The van der Waals surface area contributed by atoms with Crippen LogP contribution in [0.4, 0.5) is 0 Å². The van der Waals surface area contributed by atoms with Gasteiger partial charge in [-0.05, 0) is 26.7 Å². The van der Waals surface area contributed by atoms with Crippen molar-refractivity contribution >= 4 is 11.9 Å². The predicted octanol–water partition coefficient (Wildman–Crippen LogP) is 1.92. The Hall–Kier alpha value is -1.06. The van der Waals surface area contributed by atoms with E-state index in [1.165, 1.54) is 0 Å². The number of rotatable bonds is 7. The third-order valence-corrected chi connectivity index (χ3v) is 2.01. The van der Waals surface area contributed by atoms with Crippen molar-refractivity contribution < 1.29 is 19.1 Å². The van der Waals surface area contributed by atoms with E-state index in [1.54, 1.807) is 13.8 Å². The van der Waals surface area contributed by atoms with Gasteiger partial charge in [0.05, 0.1) is 19.1 Å². The molecular weight excluding hydrogens is 196 g/mol. The number of ether oxygens (including phenoxy) is 2. The summed E-state index contributed by atoms with van der Waals surface area (Å²) in [5.74, 6) is -0.533. The minimum Gasteiger partial charge on any atom is -0.466 e. The summed E-state index contributed by atoms with van der Waals surface area (Å²) < 4.78 is 9.63. The molecule has 4 nitrogen and oxygen atoms in total. The van der Waals surface area contributed by atoms with E-state index in [-0.39, 0.29) is 17.9 Å². The molecule has 0 amide bonds. The average molecular weight is 216 g/mol. The summed E-state index contributed by atoms with van der Waals surface area (Å²) in [6.45, 7) is 6.18. The van der Waals surface area contributed by atoms with Gasteiger partial charge in [-0.3, -0.25) is 9.59 Å². The van der Waals surface area contributed by atoms with Crippen LogP contribution >= 0.6 is 0 Å². The Bertz CT molecular complexity index is 201. The summed E-state index contributed by atoms with van der Waals surface area (Å²) in [6.07, 6.45) is 1.70. The van der Waals surface area contributed by atoms with E-state index in [0.29, 0.717) is 32.5 Å². The number of carbonyl (C=O) groups is 2. The van der Waals surface area contributed by atoms with Crippen LogP contribution in [-0.2, 0) is 19.1 Å². The molecule has 4 heteroatoms. The molecule has 0 aliphatic carbocycles. The second kappa shape index (κ2) is 8.26. The van der Waals surface area contributed by atoms with E-state index in [1.807, 2.05) is 6.92 Å². The Morgan fingerprint density at radius 2 is 1.73 bits per heavy atom. The highest BCUT2D eigenvalue weighted by molar-refractivity contribution is 5.72. The zero-order chi connectivity index (χ0) is 11.7. The molecular formula is C11H20O4. The van der Waals surface area contributed by atoms with Crippen molar-refractivity contribution in [2.45, 2.75) is 40.0 Å². The lowest BCUT2D eigenvalue weighted by Crippen LogP contribution is -2.15. The van der Waals surface area contributed by atoms with Gasteiger partial charge in [-0.15, -0.1) is 0 Å². The second-order valence-electron chi connectivity index (χ2n) is 3.35. The lowest BCUT2D eigenvalue weighted by atomic mass is 10.0. The van der Waals surface area contributed by atoms with Crippen LogP contribution in [0.5, 0.6) is 0 Å². The van der Waals surface area contributed by atoms with Gasteiger partial charge in [-0.25, -0.2) is 0 Å². The fourth-order valence-electron chi connectivity index (χ4n) is 1.19. The molecule has 0 aromatic carbocycles. The predicted molar refractivity (Wildman–Crippen MR) is 56.3 cm³/mol. The minimum atomic E-state index is -0.200. The number of hydrogen-bond donors (Lipinski definition) is 0. The van der Waals surface area contributed by atoms with Crippen molar-refractivity contribution in [3.05, 3.63) is 0 Å². The highest BCUT2D eigenvalue weighted by Crippen LogP contribution is 2.10. The van der Waals surface area contributed by atoms with Gasteiger partial charge in [0.1, 0.15) is 0 Å². The fraction of sp³-hybridized carbons (Fsp3) is 0.818. The second-order valence-corrected chi connectivity index (χ2v) is 3.35. The van der Waals surface area contributed by atoms with Crippen molar-refractivity contribution in [1.29, 1.82) is 0 Å². The molecule has 88 valence electrons. The van der Waals surface area contributed by atoms with E-state index in [9.17, 15) is 9.59 Å². The molecule has 15 heavy (non-hydrogen) atoms. The van der Waals surface area contributed by atoms with Gasteiger partial charge in [0.25, 0.3) is 0 Å². The molecule has 0 radical (unpaired) electrons. The maximum Gasteiger partial charge on any atom is 0.308 e.